The molecule has 2 aromatic carbocycles. The van der Waals surface area contributed by atoms with Crippen LogP contribution in [-0.2, 0) is 10.0 Å². The number of nitrogens with one attached hydrogen (secondary N) is 3. The van der Waals surface area contributed by atoms with Crippen molar-refractivity contribution in [3.05, 3.63) is 104 Å². The van der Waals surface area contributed by atoms with Crippen molar-refractivity contribution in [3.8, 4) is 33.8 Å². The molecule has 0 aliphatic heterocycles. The van der Waals surface area contributed by atoms with E-state index >= 15 is 0 Å². The summed E-state index contributed by atoms with van der Waals surface area (Å²) >= 11 is 0. The number of hydrogen-bond donors (Lipinski definition) is 3. The Hall–Kier alpha value is -5.42. The highest BCUT2D eigenvalue weighted by molar-refractivity contribution is 7.92. The first-order chi connectivity index (χ1) is 19.5. The molecular formula is C29H20N8O2S. The Balaban J connectivity index is 1.26. The van der Waals surface area contributed by atoms with Crippen LogP contribution in [0.5, 0.6) is 0 Å². The topological polar surface area (TPSA) is 142 Å². The molecule has 0 bridgehead atoms. The van der Waals surface area contributed by atoms with E-state index in [1.807, 2.05) is 36.4 Å². The predicted molar refractivity (Wildman–Crippen MR) is 153 cm³/mol. The number of pyridine rings is 3. The fourth-order valence-electron chi connectivity index (χ4n) is 4.61. The Morgan fingerprint density at radius 2 is 1.62 bits per heavy atom. The number of sulfonamides is 1. The van der Waals surface area contributed by atoms with Crippen LogP contribution in [-0.4, -0.2) is 43.5 Å². The van der Waals surface area contributed by atoms with Gasteiger partial charge in [-0.2, -0.15) is 5.10 Å². The van der Waals surface area contributed by atoms with Crippen LogP contribution in [0.1, 0.15) is 0 Å². The Bertz CT molecular complexity index is 2110. The average Bonchev–Trinajstić information content (AvgIpc) is 3.62. The van der Waals surface area contributed by atoms with Gasteiger partial charge in [-0.25, -0.2) is 18.4 Å². The van der Waals surface area contributed by atoms with E-state index in [0.717, 1.165) is 44.2 Å². The summed E-state index contributed by atoms with van der Waals surface area (Å²) in [6, 6.07) is 21.4. The molecule has 0 aliphatic carbocycles. The summed E-state index contributed by atoms with van der Waals surface area (Å²) in [6.45, 7) is 0. The van der Waals surface area contributed by atoms with Gasteiger partial charge >= 0.3 is 0 Å². The molecule has 5 aromatic heterocycles. The number of nitrogens with zero attached hydrogens (tertiary/aromatic N) is 5. The van der Waals surface area contributed by atoms with Crippen molar-refractivity contribution in [3.63, 3.8) is 0 Å². The van der Waals surface area contributed by atoms with Crippen molar-refractivity contribution in [1.29, 1.82) is 0 Å². The molecule has 0 spiro atoms. The SMILES string of the molecule is O=S(=O)(Nc1cc(-c2ccc3[nH]nc(-c4nc5c(-c6cccnc6)cncc5[nH]4)c3c2)ccn1)c1ccccc1. The van der Waals surface area contributed by atoms with E-state index in [1.54, 1.807) is 55.2 Å². The van der Waals surface area contributed by atoms with E-state index in [2.05, 4.69) is 34.9 Å². The standard InChI is InChI=1S/C29H20N8O2S/c38-40(39,21-6-2-1-3-7-21)37-26-14-19(10-12-32-26)18-8-9-24-22(13-18)28(36-35-24)29-33-25-17-31-16-23(27(25)34-29)20-5-4-11-30-15-20/h1-17H,(H,32,37)(H,33,34)(H,35,36). The van der Waals surface area contributed by atoms with Gasteiger partial charge in [0.1, 0.15) is 17.0 Å². The van der Waals surface area contributed by atoms with Gasteiger partial charge in [0.05, 0.1) is 22.1 Å². The molecule has 0 atom stereocenters. The number of fused-ring (bicyclic) bond motifs is 2. The molecule has 0 fully saturated rings. The highest BCUT2D eigenvalue weighted by atomic mass is 32.2. The van der Waals surface area contributed by atoms with E-state index < -0.39 is 10.0 Å². The number of rotatable bonds is 6. The monoisotopic (exact) mass is 544 g/mol. The van der Waals surface area contributed by atoms with Gasteiger partial charge in [-0.15, -0.1) is 0 Å². The Morgan fingerprint density at radius 1 is 0.750 bits per heavy atom. The van der Waals surface area contributed by atoms with E-state index in [1.165, 1.54) is 12.1 Å². The quantitative estimate of drug-likeness (QED) is 0.253. The van der Waals surface area contributed by atoms with Crippen molar-refractivity contribution in [1.82, 2.24) is 35.1 Å². The highest BCUT2D eigenvalue weighted by Gasteiger charge is 2.17. The molecule has 11 heteroatoms. The third kappa shape index (κ3) is 4.24. The van der Waals surface area contributed by atoms with E-state index in [9.17, 15) is 8.42 Å². The molecule has 0 unspecified atom stereocenters. The largest absolute Gasteiger partial charge is 0.335 e. The van der Waals surface area contributed by atoms with Gasteiger partial charge < -0.3 is 4.98 Å². The zero-order valence-electron chi connectivity index (χ0n) is 20.8. The van der Waals surface area contributed by atoms with Gasteiger partial charge in [0, 0.05) is 41.3 Å². The summed E-state index contributed by atoms with van der Waals surface area (Å²) in [5.41, 5.74) is 6.50. The fraction of sp³-hybridized carbons (Fsp3) is 0. The molecule has 10 nitrogen and oxygen atoms in total. The summed E-state index contributed by atoms with van der Waals surface area (Å²) in [6.07, 6.45) is 8.60. The van der Waals surface area contributed by atoms with Crippen molar-refractivity contribution < 1.29 is 8.42 Å². The lowest BCUT2D eigenvalue weighted by Gasteiger charge is -2.09. The minimum atomic E-state index is -3.77. The molecular weight excluding hydrogens is 524 g/mol. The van der Waals surface area contributed by atoms with Crippen LogP contribution < -0.4 is 4.72 Å². The third-order valence-corrected chi connectivity index (χ3v) is 7.91. The molecule has 0 saturated carbocycles. The van der Waals surface area contributed by atoms with Crippen LogP contribution >= 0.6 is 0 Å². The maximum Gasteiger partial charge on any atom is 0.263 e. The molecule has 0 radical (unpaired) electrons. The molecule has 7 aromatic rings. The van der Waals surface area contributed by atoms with Crippen LogP contribution in [0.4, 0.5) is 5.82 Å². The third-order valence-electron chi connectivity index (χ3n) is 6.54. The minimum absolute atomic E-state index is 0.166. The number of aromatic nitrogens is 7. The van der Waals surface area contributed by atoms with Crippen molar-refractivity contribution >= 4 is 37.8 Å². The van der Waals surface area contributed by atoms with Crippen LogP contribution in [0.2, 0.25) is 0 Å². The second-order valence-corrected chi connectivity index (χ2v) is 10.8. The van der Waals surface area contributed by atoms with E-state index in [-0.39, 0.29) is 10.7 Å². The molecule has 3 N–H and O–H groups in total. The second-order valence-electron chi connectivity index (χ2n) is 9.09. The number of imidazole rings is 1. The molecule has 0 amide bonds. The van der Waals surface area contributed by atoms with E-state index in [4.69, 9.17) is 4.98 Å². The summed E-state index contributed by atoms with van der Waals surface area (Å²) in [4.78, 5) is 21.2. The van der Waals surface area contributed by atoms with Gasteiger partial charge in [-0.1, -0.05) is 30.3 Å². The van der Waals surface area contributed by atoms with Crippen molar-refractivity contribution in [2.24, 2.45) is 0 Å². The highest BCUT2D eigenvalue weighted by Crippen LogP contribution is 2.33. The van der Waals surface area contributed by atoms with Crippen LogP contribution in [0, 0.1) is 0 Å². The molecule has 0 saturated heterocycles. The lowest BCUT2D eigenvalue weighted by Crippen LogP contribution is -2.13. The van der Waals surface area contributed by atoms with Gasteiger partial charge in [0.15, 0.2) is 5.82 Å². The van der Waals surface area contributed by atoms with Gasteiger partial charge in [0.25, 0.3) is 10.0 Å². The molecule has 7 rings (SSSR count). The lowest BCUT2D eigenvalue weighted by molar-refractivity contribution is 0.601. The summed E-state index contributed by atoms with van der Waals surface area (Å²) < 4.78 is 28.2. The number of aromatic amines is 2. The first kappa shape index (κ1) is 23.7. The average molecular weight is 545 g/mol. The van der Waals surface area contributed by atoms with Gasteiger partial charge in [-0.05, 0) is 53.6 Å². The number of anilines is 1. The number of H-pyrrole nitrogens is 2. The number of hydrogen-bond acceptors (Lipinski definition) is 7. The van der Waals surface area contributed by atoms with Crippen LogP contribution in [0.3, 0.4) is 0 Å². The Kier molecular flexibility index (Phi) is 5.56. The first-order valence-corrected chi connectivity index (χ1v) is 13.8. The minimum Gasteiger partial charge on any atom is -0.335 e. The lowest BCUT2D eigenvalue weighted by atomic mass is 10.0. The maximum absolute atomic E-state index is 12.8. The second kappa shape index (κ2) is 9.40. The Morgan fingerprint density at radius 3 is 2.48 bits per heavy atom. The smallest absolute Gasteiger partial charge is 0.263 e. The first-order valence-electron chi connectivity index (χ1n) is 12.3. The van der Waals surface area contributed by atoms with Gasteiger partial charge in [0.2, 0.25) is 0 Å². The zero-order chi connectivity index (χ0) is 27.1. The Labute approximate surface area is 228 Å². The van der Waals surface area contributed by atoms with Crippen LogP contribution in [0.25, 0.3) is 55.7 Å². The number of benzene rings is 2. The fourth-order valence-corrected chi connectivity index (χ4v) is 5.63. The zero-order valence-corrected chi connectivity index (χ0v) is 21.6. The predicted octanol–water partition coefficient (Wildman–Crippen LogP) is 5.43. The van der Waals surface area contributed by atoms with Gasteiger partial charge in [-0.3, -0.25) is 19.8 Å². The summed E-state index contributed by atoms with van der Waals surface area (Å²) in [7, 11) is -3.77. The normalized spacial score (nSPS) is 11.7. The summed E-state index contributed by atoms with van der Waals surface area (Å²) in [5.74, 6) is 0.823. The van der Waals surface area contributed by atoms with Crippen molar-refractivity contribution in [2.75, 3.05) is 4.72 Å². The van der Waals surface area contributed by atoms with E-state index in [0.29, 0.717) is 11.5 Å². The summed E-state index contributed by atoms with van der Waals surface area (Å²) in [5, 5.41) is 8.48. The molecule has 194 valence electrons. The molecule has 5 heterocycles. The van der Waals surface area contributed by atoms with Crippen LogP contribution in [0.15, 0.2) is 109 Å². The molecule has 0 aliphatic rings. The molecule has 40 heavy (non-hydrogen) atoms. The van der Waals surface area contributed by atoms with Crippen molar-refractivity contribution in [2.45, 2.75) is 4.90 Å². The maximum atomic E-state index is 12.8.